The van der Waals surface area contributed by atoms with Crippen molar-refractivity contribution in [3.63, 3.8) is 0 Å². The van der Waals surface area contributed by atoms with E-state index in [1.807, 2.05) is 18.7 Å². The van der Waals surface area contributed by atoms with E-state index in [9.17, 15) is 4.79 Å². The maximum Gasteiger partial charge on any atom is 0.287 e. The zero-order valence-electron chi connectivity index (χ0n) is 14.7. The summed E-state index contributed by atoms with van der Waals surface area (Å²) >= 11 is 1.87. The molecule has 0 radical (unpaired) electrons. The molecular formula is C16H29IN4O2S. The molecule has 0 saturated heterocycles. The third-order valence-electron chi connectivity index (χ3n) is 3.29. The minimum atomic E-state index is -0.163. The standard InChI is InChI=1S/C16H28N4O2S.HI/c1-13-7-11-22-14(13)15(21)18-9-6-10-20-16(17-2)19-8-4-5-12-23-3;/h7,11H,4-6,8-10,12H2,1-3H3,(H,18,21)(H2,17,19,20);1H. The van der Waals surface area contributed by atoms with Gasteiger partial charge in [0.1, 0.15) is 0 Å². The summed E-state index contributed by atoms with van der Waals surface area (Å²) in [5, 5.41) is 9.37. The van der Waals surface area contributed by atoms with Crippen LogP contribution in [0.25, 0.3) is 0 Å². The minimum absolute atomic E-state index is 0. The fraction of sp³-hybridized carbons (Fsp3) is 0.625. The number of unbranched alkanes of at least 4 members (excludes halogenated alkanes) is 1. The van der Waals surface area contributed by atoms with Crippen molar-refractivity contribution in [1.82, 2.24) is 16.0 Å². The van der Waals surface area contributed by atoms with E-state index in [-0.39, 0.29) is 29.9 Å². The van der Waals surface area contributed by atoms with E-state index in [1.54, 1.807) is 13.1 Å². The van der Waals surface area contributed by atoms with Crippen LogP contribution in [0.4, 0.5) is 0 Å². The lowest BCUT2D eigenvalue weighted by Crippen LogP contribution is -2.39. The molecule has 6 nitrogen and oxygen atoms in total. The highest BCUT2D eigenvalue weighted by Crippen LogP contribution is 2.07. The van der Waals surface area contributed by atoms with E-state index in [2.05, 4.69) is 27.2 Å². The molecule has 0 bridgehead atoms. The van der Waals surface area contributed by atoms with Gasteiger partial charge in [-0.05, 0) is 44.3 Å². The fourth-order valence-electron chi connectivity index (χ4n) is 1.98. The quantitative estimate of drug-likeness (QED) is 0.213. The molecule has 8 heteroatoms. The van der Waals surface area contributed by atoms with Gasteiger partial charge in [-0.3, -0.25) is 9.79 Å². The summed E-state index contributed by atoms with van der Waals surface area (Å²) in [5.74, 6) is 2.23. The first-order valence-corrected chi connectivity index (χ1v) is 9.34. The smallest absolute Gasteiger partial charge is 0.287 e. The molecule has 1 aromatic rings. The third-order valence-corrected chi connectivity index (χ3v) is 3.99. The van der Waals surface area contributed by atoms with Crippen LogP contribution in [-0.2, 0) is 0 Å². The molecule has 0 atom stereocenters. The summed E-state index contributed by atoms with van der Waals surface area (Å²) in [5.41, 5.74) is 0.853. The molecule has 0 spiro atoms. The number of nitrogens with zero attached hydrogens (tertiary/aromatic N) is 1. The Balaban J connectivity index is 0.00000529. The summed E-state index contributed by atoms with van der Waals surface area (Å²) < 4.78 is 5.15. The van der Waals surface area contributed by atoms with Gasteiger partial charge in [-0.25, -0.2) is 0 Å². The second kappa shape index (κ2) is 14.4. The average molecular weight is 468 g/mol. The molecule has 0 saturated carbocycles. The van der Waals surface area contributed by atoms with Crippen molar-refractivity contribution >= 4 is 47.6 Å². The number of aliphatic imine (C=N–C) groups is 1. The number of nitrogens with one attached hydrogen (secondary N) is 3. The molecule has 1 amide bonds. The Labute approximate surface area is 166 Å². The SMILES string of the molecule is CN=C(NCCCCSC)NCCCNC(=O)c1occc1C.I. The highest BCUT2D eigenvalue weighted by Gasteiger charge is 2.11. The maximum absolute atomic E-state index is 11.8. The molecule has 0 fully saturated rings. The summed E-state index contributed by atoms with van der Waals surface area (Å²) in [7, 11) is 1.76. The Hall–Kier alpha value is -0.900. The van der Waals surface area contributed by atoms with Crippen LogP contribution in [0, 0.1) is 6.92 Å². The normalized spacial score (nSPS) is 10.9. The number of amides is 1. The molecule has 1 heterocycles. The second-order valence-corrected chi connectivity index (χ2v) is 6.15. The molecular weight excluding hydrogens is 439 g/mol. The van der Waals surface area contributed by atoms with Gasteiger partial charge in [0, 0.05) is 32.2 Å². The van der Waals surface area contributed by atoms with E-state index in [1.165, 1.54) is 18.4 Å². The first kappa shape index (κ1) is 23.1. The number of thioether (sulfide) groups is 1. The van der Waals surface area contributed by atoms with E-state index in [4.69, 9.17) is 4.42 Å². The lowest BCUT2D eigenvalue weighted by atomic mass is 10.2. The van der Waals surface area contributed by atoms with Crippen molar-refractivity contribution in [3.05, 3.63) is 23.7 Å². The molecule has 1 aromatic heterocycles. The van der Waals surface area contributed by atoms with Crippen molar-refractivity contribution in [2.45, 2.75) is 26.2 Å². The van der Waals surface area contributed by atoms with Crippen molar-refractivity contribution in [1.29, 1.82) is 0 Å². The van der Waals surface area contributed by atoms with Gasteiger partial charge in [-0.2, -0.15) is 11.8 Å². The molecule has 0 unspecified atom stereocenters. The van der Waals surface area contributed by atoms with Crippen molar-refractivity contribution in [2.75, 3.05) is 38.7 Å². The largest absolute Gasteiger partial charge is 0.459 e. The van der Waals surface area contributed by atoms with Crippen LogP contribution >= 0.6 is 35.7 Å². The molecule has 0 aliphatic rings. The van der Waals surface area contributed by atoms with Gasteiger partial charge in [-0.15, -0.1) is 24.0 Å². The number of furan rings is 1. The van der Waals surface area contributed by atoms with E-state index >= 15 is 0 Å². The van der Waals surface area contributed by atoms with Gasteiger partial charge >= 0.3 is 0 Å². The molecule has 0 aromatic carbocycles. The monoisotopic (exact) mass is 468 g/mol. The highest BCUT2D eigenvalue weighted by atomic mass is 127. The summed E-state index contributed by atoms with van der Waals surface area (Å²) in [6.45, 7) is 4.13. The predicted molar refractivity (Wildman–Crippen MR) is 113 cm³/mol. The van der Waals surface area contributed by atoms with Gasteiger partial charge in [0.2, 0.25) is 0 Å². The zero-order chi connectivity index (χ0) is 16.9. The molecule has 24 heavy (non-hydrogen) atoms. The van der Waals surface area contributed by atoms with Crippen LogP contribution in [0.2, 0.25) is 0 Å². The molecule has 138 valence electrons. The van der Waals surface area contributed by atoms with Gasteiger partial charge in [0.25, 0.3) is 5.91 Å². The summed E-state index contributed by atoms with van der Waals surface area (Å²) in [6, 6.07) is 1.78. The number of aryl methyl sites for hydroxylation is 1. The topological polar surface area (TPSA) is 78.7 Å². The van der Waals surface area contributed by atoms with Crippen LogP contribution in [0.5, 0.6) is 0 Å². The predicted octanol–water partition coefficient (Wildman–Crippen LogP) is 2.63. The Morgan fingerprint density at radius 1 is 1.17 bits per heavy atom. The van der Waals surface area contributed by atoms with Crippen molar-refractivity contribution < 1.29 is 9.21 Å². The Morgan fingerprint density at radius 3 is 2.42 bits per heavy atom. The second-order valence-electron chi connectivity index (χ2n) is 5.17. The first-order valence-electron chi connectivity index (χ1n) is 7.94. The maximum atomic E-state index is 11.8. The van der Waals surface area contributed by atoms with Crippen LogP contribution in [0.1, 0.15) is 35.4 Å². The van der Waals surface area contributed by atoms with Crippen LogP contribution in [0.15, 0.2) is 21.7 Å². The lowest BCUT2D eigenvalue weighted by molar-refractivity contribution is 0.0925. The number of guanidine groups is 1. The fourth-order valence-corrected chi connectivity index (χ4v) is 2.47. The van der Waals surface area contributed by atoms with Gasteiger partial charge in [0.05, 0.1) is 6.26 Å². The molecule has 3 N–H and O–H groups in total. The van der Waals surface area contributed by atoms with Crippen LogP contribution in [-0.4, -0.2) is 50.6 Å². The van der Waals surface area contributed by atoms with Crippen LogP contribution < -0.4 is 16.0 Å². The summed E-state index contributed by atoms with van der Waals surface area (Å²) in [6.07, 6.45) is 6.82. The van der Waals surface area contributed by atoms with Gasteiger partial charge in [-0.1, -0.05) is 0 Å². The van der Waals surface area contributed by atoms with E-state index < -0.39 is 0 Å². The van der Waals surface area contributed by atoms with E-state index in [0.717, 1.165) is 37.5 Å². The third kappa shape index (κ3) is 9.41. The first-order chi connectivity index (χ1) is 11.2. The Kier molecular flexibility index (Phi) is 13.9. The number of carbonyl (C=O) groups excluding carboxylic acids is 1. The number of rotatable bonds is 10. The molecule has 0 aliphatic heterocycles. The number of hydrogen-bond donors (Lipinski definition) is 3. The molecule has 0 aliphatic carbocycles. The lowest BCUT2D eigenvalue weighted by Gasteiger charge is -2.11. The number of halogens is 1. The van der Waals surface area contributed by atoms with Crippen molar-refractivity contribution in [2.24, 2.45) is 4.99 Å². The Morgan fingerprint density at radius 2 is 1.83 bits per heavy atom. The molecule has 1 rings (SSSR count). The highest BCUT2D eigenvalue weighted by molar-refractivity contribution is 14.0. The number of hydrogen-bond acceptors (Lipinski definition) is 4. The van der Waals surface area contributed by atoms with Crippen molar-refractivity contribution in [3.8, 4) is 0 Å². The van der Waals surface area contributed by atoms with E-state index in [0.29, 0.717) is 12.3 Å². The number of carbonyl (C=O) groups is 1. The van der Waals surface area contributed by atoms with Crippen LogP contribution in [0.3, 0.4) is 0 Å². The average Bonchev–Trinajstić information content (AvgIpc) is 2.98. The minimum Gasteiger partial charge on any atom is -0.459 e. The summed E-state index contributed by atoms with van der Waals surface area (Å²) in [4.78, 5) is 16.0. The zero-order valence-corrected chi connectivity index (χ0v) is 17.8. The van der Waals surface area contributed by atoms with Gasteiger partial charge in [0.15, 0.2) is 11.7 Å². The van der Waals surface area contributed by atoms with Gasteiger partial charge < -0.3 is 20.4 Å². The Bertz CT molecular complexity index is 494.